The molecule has 0 unspecified atom stereocenters. The lowest BCUT2D eigenvalue weighted by Gasteiger charge is -2.05. The second kappa shape index (κ2) is 3.90. The number of hydrogen-bond donors (Lipinski definition) is 2. The lowest BCUT2D eigenvalue weighted by atomic mass is 10.2. The van der Waals surface area contributed by atoms with E-state index in [4.69, 9.17) is 0 Å². The standard InChI is InChI=1S/C8H13N3O/c1-6(2)5-11-7-8(12)10-4-3-9-7/h3-4,6H,5H2,1-2H3,(H,9,11)(H,10,12). The fraction of sp³-hybridized carbons (Fsp3) is 0.500. The molecule has 0 bridgehead atoms. The van der Waals surface area contributed by atoms with Crippen molar-refractivity contribution >= 4 is 5.82 Å². The number of anilines is 1. The second-order valence-corrected chi connectivity index (χ2v) is 3.04. The van der Waals surface area contributed by atoms with Crippen LogP contribution in [0.1, 0.15) is 13.8 Å². The summed E-state index contributed by atoms with van der Waals surface area (Å²) < 4.78 is 0. The fourth-order valence-electron chi connectivity index (χ4n) is 0.778. The van der Waals surface area contributed by atoms with Crippen LogP contribution in [0.2, 0.25) is 0 Å². The maximum Gasteiger partial charge on any atom is 0.290 e. The van der Waals surface area contributed by atoms with Gasteiger partial charge in [0.1, 0.15) is 0 Å². The highest BCUT2D eigenvalue weighted by Gasteiger charge is 1.98. The highest BCUT2D eigenvalue weighted by molar-refractivity contribution is 5.29. The minimum absolute atomic E-state index is 0.168. The molecule has 2 N–H and O–H groups in total. The minimum Gasteiger partial charge on any atom is -0.365 e. The Bertz CT molecular complexity index is 292. The summed E-state index contributed by atoms with van der Waals surface area (Å²) in [6, 6.07) is 0. The normalized spacial score (nSPS) is 10.2. The molecule has 0 saturated heterocycles. The van der Waals surface area contributed by atoms with Gasteiger partial charge in [0, 0.05) is 18.9 Å². The lowest BCUT2D eigenvalue weighted by Crippen LogP contribution is -2.18. The van der Waals surface area contributed by atoms with E-state index in [9.17, 15) is 4.79 Å². The number of hydrogen-bond acceptors (Lipinski definition) is 3. The molecule has 0 aliphatic rings. The van der Waals surface area contributed by atoms with Crippen molar-refractivity contribution < 1.29 is 0 Å². The maximum absolute atomic E-state index is 11.1. The average Bonchev–Trinajstić information content (AvgIpc) is 2.03. The van der Waals surface area contributed by atoms with Crippen molar-refractivity contribution in [2.45, 2.75) is 13.8 Å². The third-order valence-corrected chi connectivity index (χ3v) is 1.39. The van der Waals surface area contributed by atoms with Gasteiger partial charge in [0.15, 0.2) is 5.82 Å². The summed E-state index contributed by atoms with van der Waals surface area (Å²) >= 11 is 0. The Morgan fingerprint density at radius 2 is 2.42 bits per heavy atom. The average molecular weight is 167 g/mol. The van der Waals surface area contributed by atoms with Crippen LogP contribution in [0.4, 0.5) is 5.82 Å². The minimum atomic E-state index is -0.168. The van der Waals surface area contributed by atoms with Gasteiger partial charge in [0.05, 0.1) is 0 Å². The number of H-pyrrole nitrogens is 1. The van der Waals surface area contributed by atoms with Gasteiger partial charge in [0.25, 0.3) is 5.56 Å². The maximum atomic E-state index is 11.1. The SMILES string of the molecule is CC(C)CNc1ncc[nH]c1=O. The first-order valence-corrected chi connectivity index (χ1v) is 3.97. The Morgan fingerprint density at radius 1 is 1.67 bits per heavy atom. The summed E-state index contributed by atoms with van der Waals surface area (Å²) in [6.07, 6.45) is 3.08. The molecule has 0 radical (unpaired) electrons. The highest BCUT2D eigenvalue weighted by atomic mass is 16.1. The van der Waals surface area contributed by atoms with Crippen LogP contribution < -0.4 is 10.9 Å². The van der Waals surface area contributed by atoms with Crippen molar-refractivity contribution in [3.63, 3.8) is 0 Å². The van der Waals surface area contributed by atoms with E-state index in [1.807, 2.05) is 0 Å². The Labute approximate surface area is 71.0 Å². The van der Waals surface area contributed by atoms with E-state index < -0.39 is 0 Å². The first-order chi connectivity index (χ1) is 5.70. The topological polar surface area (TPSA) is 57.8 Å². The number of nitrogens with zero attached hydrogens (tertiary/aromatic N) is 1. The molecule has 4 nitrogen and oxygen atoms in total. The lowest BCUT2D eigenvalue weighted by molar-refractivity contribution is 0.686. The quantitative estimate of drug-likeness (QED) is 0.701. The van der Waals surface area contributed by atoms with Crippen molar-refractivity contribution in [2.24, 2.45) is 5.92 Å². The molecule has 66 valence electrons. The molecule has 0 aliphatic heterocycles. The molecule has 12 heavy (non-hydrogen) atoms. The predicted octanol–water partition coefficient (Wildman–Crippen LogP) is 0.838. The third-order valence-electron chi connectivity index (χ3n) is 1.39. The van der Waals surface area contributed by atoms with Gasteiger partial charge in [-0.2, -0.15) is 0 Å². The van der Waals surface area contributed by atoms with Gasteiger partial charge in [-0.05, 0) is 5.92 Å². The first-order valence-electron chi connectivity index (χ1n) is 3.97. The van der Waals surface area contributed by atoms with E-state index in [0.717, 1.165) is 6.54 Å². The van der Waals surface area contributed by atoms with Crippen molar-refractivity contribution in [1.82, 2.24) is 9.97 Å². The molecular weight excluding hydrogens is 154 g/mol. The zero-order valence-electron chi connectivity index (χ0n) is 7.29. The summed E-state index contributed by atoms with van der Waals surface area (Å²) in [4.78, 5) is 17.5. The molecule has 0 atom stereocenters. The van der Waals surface area contributed by atoms with E-state index in [1.165, 1.54) is 6.20 Å². The molecule has 0 aromatic carbocycles. The predicted molar refractivity (Wildman–Crippen MR) is 48.2 cm³/mol. The zero-order valence-corrected chi connectivity index (χ0v) is 7.29. The Morgan fingerprint density at radius 3 is 3.00 bits per heavy atom. The fourth-order valence-corrected chi connectivity index (χ4v) is 0.778. The number of nitrogens with one attached hydrogen (secondary N) is 2. The Kier molecular flexibility index (Phi) is 2.85. The molecule has 1 aromatic rings. The monoisotopic (exact) mass is 167 g/mol. The van der Waals surface area contributed by atoms with Crippen LogP contribution in [0.25, 0.3) is 0 Å². The van der Waals surface area contributed by atoms with E-state index in [1.54, 1.807) is 6.20 Å². The van der Waals surface area contributed by atoms with Crippen molar-refractivity contribution in [3.8, 4) is 0 Å². The van der Waals surface area contributed by atoms with E-state index in [-0.39, 0.29) is 5.56 Å². The van der Waals surface area contributed by atoms with Gasteiger partial charge in [-0.25, -0.2) is 4.98 Å². The molecular formula is C8H13N3O. The Balaban J connectivity index is 2.64. The Hall–Kier alpha value is -1.32. The summed E-state index contributed by atoms with van der Waals surface area (Å²) in [6.45, 7) is 4.91. The van der Waals surface area contributed by atoms with Gasteiger partial charge in [-0.3, -0.25) is 4.79 Å². The number of aromatic nitrogens is 2. The van der Waals surface area contributed by atoms with Crippen molar-refractivity contribution in [2.75, 3.05) is 11.9 Å². The largest absolute Gasteiger partial charge is 0.365 e. The molecule has 0 amide bonds. The molecule has 0 aliphatic carbocycles. The van der Waals surface area contributed by atoms with Crippen molar-refractivity contribution in [3.05, 3.63) is 22.7 Å². The first kappa shape index (κ1) is 8.77. The smallest absolute Gasteiger partial charge is 0.290 e. The van der Waals surface area contributed by atoms with Crippen LogP contribution in [-0.4, -0.2) is 16.5 Å². The van der Waals surface area contributed by atoms with E-state index in [0.29, 0.717) is 11.7 Å². The third kappa shape index (κ3) is 2.38. The van der Waals surface area contributed by atoms with Crippen LogP contribution >= 0.6 is 0 Å². The number of rotatable bonds is 3. The van der Waals surface area contributed by atoms with Gasteiger partial charge in [0.2, 0.25) is 0 Å². The van der Waals surface area contributed by atoms with Crippen molar-refractivity contribution in [1.29, 1.82) is 0 Å². The molecule has 1 rings (SSSR count). The van der Waals surface area contributed by atoms with Gasteiger partial charge >= 0.3 is 0 Å². The van der Waals surface area contributed by atoms with Crippen LogP contribution in [0.15, 0.2) is 17.2 Å². The summed E-state index contributed by atoms with van der Waals surface area (Å²) in [5.74, 6) is 0.901. The second-order valence-electron chi connectivity index (χ2n) is 3.04. The van der Waals surface area contributed by atoms with Gasteiger partial charge in [-0.15, -0.1) is 0 Å². The van der Waals surface area contributed by atoms with Crippen LogP contribution in [0.3, 0.4) is 0 Å². The molecule has 1 aromatic heterocycles. The molecule has 4 heteroatoms. The molecule has 0 saturated carbocycles. The van der Waals surface area contributed by atoms with Gasteiger partial charge in [-0.1, -0.05) is 13.8 Å². The molecule has 0 spiro atoms. The zero-order chi connectivity index (χ0) is 8.97. The van der Waals surface area contributed by atoms with E-state index in [2.05, 4.69) is 29.1 Å². The molecule has 1 heterocycles. The molecule has 0 fully saturated rings. The van der Waals surface area contributed by atoms with Gasteiger partial charge < -0.3 is 10.3 Å². The van der Waals surface area contributed by atoms with Crippen LogP contribution in [0.5, 0.6) is 0 Å². The van der Waals surface area contributed by atoms with E-state index >= 15 is 0 Å². The summed E-state index contributed by atoms with van der Waals surface area (Å²) in [5, 5.41) is 2.96. The highest BCUT2D eigenvalue weighted by Crippen LogP contribution is 1.94. The van der Waals surface area contributed by atoms with Crippen LogP contribution in [-0.2, 0) is 0 Å². The van der Waals surface area contributed by atoms with Crippen LogP contribution in [0, 0.1) is 5.92 Å². The number of aromatic amines is 1. The summed E-state index contributed by atoms with van der Waals surface area (Å²) in [5.41, 5.74) is -0.168. The summed E-state index contributed by atoms with van der Waals surface area (Å²) in [7, 11) is 0.